The molecule has 0 spiro atoms. The predicted molar refractivity (Wildman–Crippen MR) is 128 cm³/mol. The second-order valence-electron chi connectivity index (χ2n) is 8.73. The van der Waals surface area contributed by atoms with E-state index in [9.17, 15) is 13.2 Å². The molecule has 34 heavy (non-hydrogen) atoms. The number of hydrogen-bond donors (Lipinski definition) is 1. The molecule has 1 saturated heterocycles. The zero-order chi connectivity index (χ0) is 24.1. The molecule has 2 aliphatic rings. The van der Waals surface area contributed by atoms with Crippen LogP contribution in [0.2, 0.25) is 0 Å². The minimum Gasteiger partial charge on any atom is -0.490 e. The standard InChI is InChI=1S/C25H32N2O6S/c1-18-5-3-6-19(2)25(18)33-20-10-13-27(14-11-20)24(28)9-12-26-34(29,30)21-7-8-22-23(17-21)32-16-4-15-31-22/h3,5-8,17,20,26H,4,9-16H2,1-2H3. The van der Waals surface area contributed by atoms with Crippen LogP contribution in [0, 0.1) is 13.8 Å². The van der Waals surface area contributed by atoms with Gasteiger partial charge in [0, 0.05) is 51.4 Å². The third kappa shape index (κ3) is 5.82. The van der Waals surface area contributed by atoms with Crippen molar-refractivity contribution >= 4 is 15.9 Å². The van der Waals surface area contributed by atoms with Crippen molar-refractivity contribution in [3.8, 4) is 17.2 Å². The van der Waals surface area contributed by atoms with Crippen molar-refractivity contribution in [1.29, 1.82) is 0 Å². The summed E-state index contributed by atoms with van der Waals surface area (Å²) in [5.41, 5.74) is 2.22. The molecule has 1 N–H and O–H groups in total. The minimum atomic E-state index is -3.76. The number of benzene rings is 2. The van der Waals surface area contributed by atoms with Crippen LogP contribution in [0.25, 0.3) is 0 Å². The van der Waals surface area contributed by atoms with Gasteiger partial charge in [-0.2, -0.15) is 0 Å². The van der Waals surface area contributed by atoms with E-state index in [0.717, 1.165) is 36.1 Å². The molecule has 0 bridgehead atoms. The number of carbonyl (C=O) groups excluding carboxylic acids is 1. The first-order valence-electron chi connectivity index (χ1n) is 11.7. The third-order valence-corrected chi connectivity index (χ3v) is 7.61. The first kappa shape index (κ1) is 24.3. The highest BCUT2D eigenvalue weighted by Crippen LogP contribution is 2.32. The van der Waals surface area contributed by atoms with E-state index < -0.39 is 10.0 Å². The lowest BCUT2D eigenvalue weighted by Gasteiger charge is -2.33. The average molecular weight is 489 g/mol. The van der Waals surface area contributed by atoms with E-state index in [2.05, 4.69) is 4.72 Å². The molecule has 1 fully saturated rings. The summed E-state index contributed by atoms with van der Waals surface area (Å²) in [4.78, 5) is 14.5. The summed E-state index contributed by atoms with van der Waals surface area (Å²) in [6.07, 6.45) is 2.42. The van der Waals surface area contributed by atoms with Crippen molar-refractivity contribution in [3.63, 3.8) is 0 Å². The van der Waals surface area contributed by atoms with Crippen LogP contribution in [-0.4, -0.2) is 58.2 Å². The van der Waals surface area contributed by atoms with Crippen molar-refractivity contribution in [2.75, 3.05) is 32.8 Å². The molecular formula is C25H32N2O6S. The molecule has 8 nitrogen and oxygen atoms in total. The fourth-order valence-corrected chi connectivity index (χ4v) is 5.27. The first-order valence-corrected chi connectivity index (χ1v) is 13.2. The summed E-state index contributed by atoms with van der Waals surface area (Å²) in [7, 11) is -3.76. The van der Waals surface area contributed by atoms with E-state index >= 15 is 0 Å². The molecule has 2 aromatic rings. The summed E-state index contributed by atoms with van der Waals surface area (Å²) in [5.74, 6) is 1.82. The summed E-state index contributed by atoms with van der Waals surface area (Å²) in [5, 5.41) is 0. The number of nitrogens with zero attached hydrogens (tertiary/aromatic N) is 1. The molecule has 184 valence electrons. The molecule has 1 amide bonds. The number of sulfonamides is 1. The lowest BCUT2D eigenvalue weighted by Crippen LogP contribution is -2.42. The SMILES string of the molecule is Cc1cccc(C)c1OC1CCN(C(=O)CCNS(=O)(=O)c2ccc3c(c2)OCCCO3)CC1. The number of fused-ring (bicyclic) bond motifs is 1. The number of carbonyl (C=O) groups is 1. The van der Waals surface area contributed by atoms with Crippen LogP contribution in [0.4, 0.5) is 0 Å². The van der Waals surface area contributed by atoms with Crippen molar-refractivity contribution < 1.29 is 27.4 Å². The highest BCUT2D eigenvalue weighted by Gasteiger charge is 2.25. The van der Waals surface area contributed by atoms with Gasteiger partial charge in [-0.05, 0) is 37.1 Å². The molecule has 2 heterocycles. The van der Waals surface area contributed by atoms with E-state index in [1.165, 1.54) is 12.1 Å². The maximum absolute atomic E-state index is 12.7. The molecule has 0 aromatic heterocycles. The molecule has 0 radical (unpaired) electrons. The van der Waals surface area contributed by atoms with E-state index in [4.69, 9.17) is 14.2 Å². The highest BCUT2D eigenvalue weighted by atomic mass is 32.2. The maximum Gasteiger partial charge on any atom is 0.240 e. The molecule has 9 heteroatoms. The third-order valence-electron chi connectivity index (χ3n) is 6.15. The van der Waals surface area contributed by atoms with Crippen LogP contribution in [0.1, 0.15) is 36.8 Å². The van der Waals surface area contributed by atoms with E-state index in [1.807, 2.05) is 32.0 Å². The van der Waals surface area contributed by atoms with Gasteiger partial charge in [-0.15, -0.1) is 0 Å². The Bertz CT molecular complexity index is 1110. The monoisotopic (exact) mass is 488 g/mol. The van der Waals surface area contributed by atoms with Gasteiger partial charge in [-0.1, -0.05) is 18.2 Å². The Kier molecular flexibility index (Phi) is 7.63. The van der Waals surface area contributed by atoms with E-state index in [-0.39, 0.29) is 29.9 Å². The van der Waals surface area contributed by atoms with Crippen LogP contribution < -0.4 is 18.9 Å². The maximum atomic E-state index is 12.7. The van der Waals surface area contributed by atoms with Gasteiger partial charge in [-0.3, -0.25) is 4.79 Å². The van der Waals surface area contributed by atoms with Crippen molar-refractivity contribution in [1.82, 2.24) is 9.62 Å². The number of likely N-dealkylation sites (tertiary alicyclic amines) is 1. The molecule has 4 rings (SSSR count). The molecule has 0 unspecified atom stereocenters. The minimum absolute atomic E-state index is 0.0362. The molecule has 2 aliphatic heterocycles. The Morgan fingerprint density at radius 2 is 1.74 bits per heavy atom. The molecular weight excluding hydrogens is 456 g/mol. The van der Waals surface area contributed by atoms with Gasteiger partial charge < -0.3 is 19.1 Å². The quantitative estimate of drug-likeness (QED) is 0.643. The second-order valence-corrected chi connectivity index (χ2v) is 10.5. The van der Waals surface area contributed by atoms with Crippen LogP contribution in [-0.2, 0) is 14.8 Å². The Hall–Kier alpha value is -2.78. The molecule has 0 aliphatic carbocycles. The molecule has 2 aromatic carbocycles. The predicted octanol–water partition coefficient (Wildman–Crippen LogP) is 3.20. The summed E-state index contributed by atoms with van der Waals surface area (Å²) in [6, 6.07) is 10.6. The Morgan fingerprint density at radius 3 is 2.44 bits per heavy atom. The summed E-state index contributed by atoms with van der Waals surface area (Å²) >= 11 is 0. The second kappa shape index (κ2) is 10.7. The van der Waals surface area contributed by atoms with Gasteiger partial charge in [0.15, 0.2) is 11.5 Å². The fraction of sp³-hybridized carbons (Fsp3) is 0.480. The average Bonchev–Trinajstić information content (AvgIpc) is 3.07. The van der Waals surface area contributed by atoms with Gasteiger partial charge >= 0.3 is 0 Å². The first-order chi connectivity index (χ1) is 16.3. The Morgan fingerprint density at radius 1 is 1.06 bits per heavy atom. The number of rotatable bonds is 7. The number of hydrogen-bond acceptors (Lipinski definition) is 6. The van der Waals surface area contributed by atoms with E-state index in [0.29, 0.717) is 37.8 Å². The number of para-hydroxylation sites is 1. The lowest BCUT2D eigenvalue weighted by molar-refractivity contribution is -0.132. The van der Waals surface area contributed by atoms with Crippen LogP contribution in [0.15, 0.2) is 41.3 Å². The number of ether oxygens (including phenoxy) is 3. The van der Waals surface area contributed by atoms with Gasteiger partial charge in [0.2, 0.25) is 15.9 Å². The summed E-state index contributed by atoms with van der Waals surface area (Å²) in [6.45, 7) is 6.32. The molecule has 0 atom stereocenters. The van der Waals surface area contributed by atoms with Gasteiger partial charge in [-0.25, -0.2) is 13.1 Å². The summed E-state index contributed by atoms with van der Waals surface area (Å²) < 4.78 is 45.2. The smallest absolute Gasteiger partial charge is 0.240 e. The van der Waals surface area contributed by atoms with Gasteiger partial charge in [0.1, 0.15) is 11.9 Å². The number of aryl methyl sites for hydroxylation is 2. The van der Waals surface area contributed by atoms with Gasteiger partial charge in [0.05, 0.1) is 18.1 Å². The van der Waals surface area contributed by atoms with E-state index in [1.54, 1.807) is 11.0 Å². The highest BCUT2D eigenvalue weighted by molar-refractivity contribution is 7.89. The van der Waals surface area contributed by atoms with Crippen LogP contribution >= 0.6 is 0 Å². The number of amides is 1. The van der Waals surface area contributed by atoms with Crippen LogP contribution in [0.5, 0.6) is 17.2 Å². The Labute approximate surface area is 201 Å². The topological polar surface area (TPSA) is 94.2 Å². The normalized spacial score (nSPS) is 16.7. The van der Waals surface area contributed by atoms with Gasteiger partial charge in [0.25, 0.3) is 0 Å². The zero-order valence-corrected chi connectivity index (χ0v) is 20.5. The van der Waals surface area contributed by atoms with Crippen molar-refractivity contribution in [2.24, 2.45) is 0 Å². The largest absolute Gasteiger partial charge is 0.490 e. The zero-order valence-electron chi connectivity index (χ0n) is 19.7. The Balaban J connectivity index is 1.25. The molecule has 0 saturated carbocycles. The number of piperidine rings is 1. The fourth-order valence-electron chi connectivity index (χ4n) is 4.22. The van der Waals surface area contributed by atoms with Crippen molar-refractivity contribution in [2.45, 2.75) is 50.5 Å². The lowest BCUT2D eigenvalue weighted by atomic mass is 10.1. The number of nitrogens with one attached hydrogen (secondary N) is 1. The van der Waals surface area contributed by atoms with Crippen molar-refractivity contribution in [3.05, 3.63) is 47.5 Å². The van der Waals surface area contributed by atoms with Crippen LogP contribution in [0.3, 0.4) is 0 Å².